The van der Waals surface area contributed by atoms with Gasteiger partial charge < -0.3 is 5.73 Å². The molecule has 0 heterocycles. The summed E-state index contributed by atoms with van der Waals surface area (Å²) in [6, 6.07) is 4.09. The van der Waals surface area contributed by atoms with Gasteiger partial charge in [0.05, 0.1) is 6.04 Å². The minimum Gasteiger partial charge on any atom is -0.329 e. The summed E-state index contributed by atoms with van der Waals surface area (Å²) in [6.45, 7) is 3.15. The van der Waals surface area contributed by atoms with Crippen molar-refractivity contribution in [2.75, 3.05) is 13.1 Å². The van der Waals surface area contributed by atoms with Gasteiger partial charge in [0, 0.05) is 18.2 Å². The Bertz CT molecular complexity index is 385. The van der Waals surface area contributed by atoms with Crippen molar-refractivity contribution in [3.05, 3.63) is 35.4 Å². The number of nitrogens with zero attached hydrogens (tertiary/aromatic N) is 1. The molecule has 1 aliphatic carbocycles. The van der Waals surface area contributed by atoms with Crippen LogP contribution in [0.2, 0.25) is 0 Å². The summed E-state index contributed by atoms with van der Waals surface area (Å²) in [7, 11) is 0. The fraction of sp³-hybridized carbons (Fsp3) is 0.571. The van der Waals surface area contributed by atoms with E-state index in [0.717, 1.165) is 25.8 Å². The second-order valence-electron chi connectivity index (χ2n) is 4.86. The molecule has 2 rings (SSSR count). The molecule has 100 valence electrons. The molecule has 0 bridgehead atoms. The van der Waals surface area contributed by atoms with Crippen LogP contribution >= 0.6 is 0 Å². The number of nitrogens with two attached hydrogens (primary N) is 1. The van der Waals surface area contributed by atoms with Crippen LogP contribution in [0.25, 0.3) is 0 Å². The highest BCUT2D eigenvalue weighted by Crippen LogP contribution is 2.35. The van der Waals surface area contributed by atoms with Gasteiger partial charge in [0.1, 0.15) is 11.6 Å². The van der Waals surface area contributed by atoms with Crippen LogP contribution in [-0.2, 0) is 0 Å². The predicted molar refractivity (Wildman–Crippen MR) is 68.2 cm³/mol. The van der Waals surface area contributed by atoms with Crippen LogP contribution in [0.15, 0.2) is 18.2 Å². The molecule has 0 radical (unpaired) electrons. The SMILES string of the molecule is CCCN(C1CC1)C(CN)c1c(F)cccc1F. The first-order chi connectivity index (χ1) is 8.69. The highest BCUT2D eigenvalue weighted by molar-refractivity contribution is 5.24. The third-order valence-electron chi connectivity index (χ3n) is 3.45. The Balaban J connectivity index is 2.31. The minimum absolute atomic E-state index is 0.125. The lowest BCUT2D eigenvalue weighted by Crippen LogP contribution is -2.37. The summed E-state index contributed by atoms with van der Waals surface area (Å²) in [5, 5.41) is 0. The van der Waals surface area contributed by atoms with Gasteiger partial charge in [0.25, 0.3) is 0 Å². The normalized spacial score (nSPS) is 17.2. The average Bonchev–Trinajstić information content (AvgIpc) is 3.16. The Morgan fingerprint density at radius 2 is 1.94 bits per heavy atom. The van der Waals surface area contributed by atoms with Gasteiger partial charge in [-0.2, -0.15) is 0 Å². The zero-order valence-electron chi connectivity index (χ0n) is 10.7. The van der Waals surface area contributed by atoms with Crippen LogP contribution in [0.4, 0.5) is 8.78 Å². The highest BCUT2D eigenvalue weighted by atomic mass is 19.1. The molecule has 4 heteroatoms. The van der Waals surface area contributed by atoms with Crippen LogP contribution in [0.3, 0.4) is 0 Å². The van der Waals surface area contributed by atoms with Crippen molar-refractivity contribution in [3.63, 3.8) is 0 Å². The first-order valence-electron chi connectivity index (χ1n) is 6.58. The van der Waals surface area contributed by atoms with Gasteiger partial charge in [-0.05, 0) is 37.9 Å². The summed E-state index contributed by atoms with van der Waals surface area (Å²) in [4.78, 5) is 2.15. The second kappa shape index (κ2) is 5.76. The number of benzene rings is 1. The molecule has 18 heavy (non-hydrogen) atoms. The third kappa shape index (κ3) is 2.70. The van der Waals surface area contributed by atoms with Crippen LogP contribution in [-0.4, -0.2) is 24.0 Å². The molecule has 0 aromatic heterocycles. The van der Waals surface area contributed by atoms with E-state index in [1.54, 1.807) is 0 Å². The standard InChI is InChI=1S/C14H20F2N2/c1-2-8-18(10-6-7-10)13(9-17)14-11(15)4-3-5-12(14)16/h3-5,10,13H,2,6-9,17H2,1H3. The molecular weight excluding hydrogens is 234 g/mol. The molecule has 0 saturated heterocycles. The fourth-order valence-electron chi connectivity index (χ4n) is 2.51. The van der Waals surface area contributed by atoms with E-state index >= 15 is 0 Å². The monoisotopic (exact) mass is 254 g/mol. The first-order valence-corrected chi connectivity index (χ1v) is 6.58. The fourth-order valence-corrected chi connectivity index (χ4v) is 2.51. The molecule has 1 aromatic carbocycles. The maximum absolute atomic E-state index is 13.8. The van der Waals surface area contributed by atoms with Crippen molar-refractivity contribution in [2.24, 2.45) is 5.73 Å². The van der Waals surface area contributed by atoms with E-state index in [2.05, 4.69) is 11.8 Å². The maximum atomic E-state index is 13.8. The van der Waals surface area contributed by atoms with Crippen molar-refractivity contribution in [1.29, 1.82) is 0 Å². The Morgan fingerprint density at radius 3 is 2.39 bits per heavy atom. The van der Waals surface area contributed by atoms with Crippen molar-refractivity contribution >= 4 is 0 Å². The Hall–Kier alpha value is -1.00. The van der Waals surface area contributed by atoms with Crippen molar-refractivity contribution in [3.8, 4) is 0 Å². The summed E-state index contributed by atoms with van der Waals surface area (Å²) >= 11 is 0. The van der Waals surface area contributed by atoms with E-state index in [4.69, 9.17) is 5.73 Å². The molecule has 2 nitrogen and oxygen atoms in total. The smallest absolute Gasteiger partial charge is 0.130 e. The lowest BCUT2D eigenvalue weighted by atomic mass is 10.0. The summed E-state index contributed by atoms with van der Waals surface area (Å²) < 4.78 is 27.7. The zero-order chi connectivity index (χ0) is 13.1. The topological polar surface area (TPSA) is 29.3 Å². The van der Waals surface area contributed by atoms with Crippen molar-refractivity contribution in [2.45, 2.75) is 38.3 Å². The molecule has 0 spiro atoms. The predicted octanol–water partition coefficient (Wildman–Crippen LogP) is 2.84. The van der Waals surface area contributed by atoms with E-state index in [0.29, 0.717) is 6.04 Å². The summed E-state index contributed by atoms with van der Waals surface area (Å²) in [6.07, 6.45) is 3.17. The third-order valence-corrected chi connectivity index (χ3v) is 3.45. The molecular formula is C14H20F2N2. The van der Waals surface area contributed by atoms with Crippen LogP contribution < -0.4 is 5.73 Å². The molecule has 1 unspecified atom stereocenters. The van der Waals surface area contributed by atoms with Gasteiger partial charge in [0.2, 0.25) is 0 Å². The van der Waals surface area contributed by atoms with Gasteiger partial charge in [-0.25, -0.2) is 8.78 Å². The highest BCUT2D eigenvalue weighted by Gasteiger charge is 2.35. The van der Waals surface area contributed by atoms with Crippen molar-refractivity contribution in [1.82, 2.24) is 4.90 Å². The average molecular weight is 254 g/mol. The van der Waals surface area contributed by atoms with E-state index in [-0.39, 0.29) is 18.2 Å². The number of rotatable bonds is 6. The van der Waals surface area contributed by atoms with Crippen LogP contribution in [0.1, 0.15) is 37.8 Å². The quantitative estimate of drug-likeness (QED) is 0.845. The molecule has 1 atom stereocenters. The number of halogens is 2. The Labute approximate surface area is 107 Å². The minimum atomic E-state index is -0.493. The Morgan fingerprint density at radius 1 is 1.33 bits per heavy atom. The van der Waals surface area contributed by atoms with Gasteiger partial charge >= 0.3 is 0 Å². The maximum Gasteiger partial charge on any atom is 0.130 e. The van der Waals surface area contributed by atoms with Gasteiger partial charge in [-0.1, -0.05) is 13.0 Å². The van der Waals surface area contributed by atoms with Crippen LogP contribution in [0.5, 0.6) is 0 Å². The number of hydrogen-bond donors (Lipinski definition) is 1. The lowest BCUT2D eigenvalue weighted by Gasteiger charge is -2.31. The van der Waals surface area contributed by atoms with Gasteiger partial charge in [-0.15, -0.1) is 0 Å². The first kappa shape index (κ1) is 13.4. The molecule has 0 amide bonds. The molecule has 2 N–H and O–H groups in total. The van der Waals surface area contributed by atoms with E-state index in [1.807, 2.05) is 0 Å². The molecule has 1 aliphatic rings. The Kier molecular flexibility index (Phi) is 4.30. The summed E-state index contributed by atoms with van der Waals surface area (Å²) in [5.41, 5.74) is 5.89. The van der Waals surface area contributed by atoms with Gasteiger partial charge in [0.15, 0.2) is 0 Å². The van der Waals surface area contributed by atoms with E-state index in [9.17, 15) is 8.78 Å². The summed E-state index contributed by atoms with van der Waals surface area (Å²) in [5.74, 6) is -0.987. The lowest BCUT2D eigenvalue weighted by molar-refractivity contribution is 0.184. The molecule has 0 aliphatic heterocycles. The van der Waals surface area contributed by atoms with Crippen LogP contribution in [0, 0.1) is 11.6 Å². The molecule has 1 fully saturated rings. The van der Waals surface area contributed by atoms with E-state index < -0.39 is 11.6 Å². The molecule has 1 saturated carbocycles. The van der Waals surface area contributed by atoms with E-state index in [1.165, 1.54) is 18.2 Å². The second-order valence-corrected chi connectivity index (χ2v) is 4.86. The van der Waals surface area contributed by atoms with Crippen molar-refractivity contribution < 1.29 is 8.78 Å². The molecule has 1 aromatic rings. The zero-order valence-corrected chi connectivity index (χ0v) is 10.7. The largest absolute Gasteiger partial charge is 0.329 e. The van der Waals surface area contributed by atoms with Gasteiger partial charge in [-0.3, -0.25) is 4.90 Å². The number of hydrogen-bond acceptors (Lipinski definition) is 2.